The molecule has 0 aromatic rings. The zero-order valence-corrected chi connectivity index (χ0v) is 8.71. The average Bonchev–Trinajstić information content (AvgIpc) is 2.64. The molecule has 0 spiro atoms. The van der Waals surface area contributed by atoms with Crippen molar-refractivity contribution in [3.05, 3.63) is 23.4 Å². The van der Waals surface area contributed by atoms with Gasteiger partial charge in [0.25, 0.3) is 0 Å². The molecule has 2 rings (SSSR count). The number of nitrogens with one attached hydrogen (secondary N) is 1. The third-order valence-corrected chi connectivity index (χ3v) is 3.00. The number of carbonyl (C=O) groups is 1. The van der Waals surface area contributed by atoms with Gasteiger partial charge in [0.2, 0.25) is 0 Å². The fraction of sp³-hybridized carbons (Fsp3) is 0.444. The summed E-state index contributed by atoms with van der Waals surface area (Å²) in [6, 6.07) is 0. The molecular weight excluding hydrogens is 200 g/mol. The quantitative estimate of drug-likeness (QED) is 0.687. The molecule has 1 atom stereocenters. The van der Waals surface area contributed by atoms with Crippen LogP contribution in [0.4, 0.5) is 0 Å². The van der Waals surface area contributed by atoms with Crippen LogP contribution in [0.3, 0.4) is 0 Å². The summed E-state index contributed by atoms with van der Waals surface area (Å²) >= 11 is 1.69. The van der Waals surface area contributed by atoms with E-state index in [9.17, 15) is 4.79 Å². The van der Waals surface area contributed by atoms with Crippen LogP contribution in [0.25, 0.3) is 0 Å². The highest BCUT2D eigenvalue weighted by Crippen LogP contribution is 2.26. The Morgan fingerprint density at radius 3 is 3.50 bits per heavy atom. The zero-order valence-electron chi connectivity index (χ0n) is 7.90. The Labute approximate surface area is 87.0 Å². The van der Waals surface area contributed by atoms with Crippen molar-refractivity contribution >= 4 is 17.7 Å². The van der Waals surface area contributed by atoms with E-state index in [0.29, 0.717) is 18.7 Å². The summed E-state index contributed by atoms with van der Waals surface area (Å²) in [7, 11) is 0. The minimum absolute atomic E-state index is 0.233. The Morgan fingerprint density at radius 1 is 1.86 bits per heavy atom. The van der Waals surface area contributed by atoms with Crippen molar-refractivity contribution in [2.75, 3.05) is 13.2 Å². The first-order valence-electron chi connectivity index (χ1n) is 4.51. The summed E-state index contributed by atoms with van der Waals surface area (Å²) in [5.74, 6) is -0.233. The molecule has 5 heteroatoms. The molecule has 2 aliphatic rings. The zero-order chi connectivity index (χ0) is 9.97. The van der Waals surface area contributed by atoms with Gasteiger partial charge < -0.3 is 15.0 Å². The molecule has 1 unspecified atom stereocenters. The number of hydrogen-bond acceptors (Lipinski definition) is 5. The lowest BCUT2D eigenvalue weighted by Gasteiger charge is -2.29. The first kappa shape index (κ1) is 9.45. The second-order valence-corrected chi connectivity index (χ2v) is 3.99. The summed E-state index contributed by atoms with van der Waals surface area (Å²) < 4.78 is 4.93. The number of thioether (sulfide) groups is 1. The number of fused-ring (bicyclic) bond motifs is 1. The van der Waals surface area contributed by atoms with Crippen molar-refractivity contribution in [1.82, 2.24) is 10.2 Å². The second-order valence-electron chi connectivity index (χ2n) is 3.00. The molecule has 0 saturated carbocycles. The predicted molar refractivity (Wildman–Crippen MR) is 55.1 cm³/mol. The van der Waals surface area contributed by atoms with Crippen LogP contribution < -0.4 is 5.32 Å². The van der Waals surface area contributed by atoms with Crippen LogP contribution in [-0.4, -0.2) is 29.5 Å². The van der Waals surface area contributed by atoms with Gasteiger partial charge in [-0.3, -0.25) is 0 Å². The third kappa shape index (κ3) is 1.72. The highest BCUT2D eigenvalue weighted by molar-refractivity contribution is 8.02. The minimum Gasteiger partial charge on any atom is -0.463 e. The number of rotatable bonds is 2. The first-order chi connectivity index (χ1) is 6.81. The van der Waals surface area contributed by atoms with Gasteiger partial charge in [0.05, 0.1) is 18.7 Å². The molecule has 0 radical (unpaired) electrons. The summed E-state index contributed by atoms with van der Waals surface area (Å²) in [5, 5.41) is 5.15. The smallest absolute Gasteiger partial charge is 0.337 e. The van der Waals surface area contributed by atoms with Gasteiger partial charge in [-0.05, 0) is 12.3 Å². The van der Waals surface area contributed by atoms with E-state index in [4.69, 9.17) is 4.74 Å². The Balaban J connectivity index is 2.01. The van der Waals surface area contributed by atoms with E-state index >= 15 is 0 Å². The fourth-order valence-electron chi connectivity index (χ4n) is 1.38. The SMILES string of the molecule is CCOC(=O)C1=CNC2SC=CN2C1. The normalized spacial score (nSPS) is 23.9. The summed E-state index contributed by atoms with van der Waals surface area (Å²) in [5.41, 5.74) is 0.920. The van der Waals surface area contributed by atoms with Gasteiger partial charge in [0.15, 0.2) is 5.50 Å². The lowest BCUT2D eigenvalue weighted by atomic mass is 10.2. The van der Waals surface area contributed by atoms with E-state index in [0.717, 1.165) is 0 Å². The van der Waals surface area contributed by atoms with E-state index in [1.807, 2.05) is 18.5 Å². The number of hydrogen-bond donors (Lipinski definition) is 1. The molecule has 0 aromatic carbocycles. The van der Waals surface area contributed by atoms with Gasteiger partial charge in [0, 0.05) is 12.4 Å². The number of esters is 1. The van der Waals surface area contributed by atoms with Crippen LogP contribution in [0, 0.1) is 0 Å². The molecule has 0 fully saturated rings. The monoisotopic (exact) mass is 212 g/mol. The molecule has 2 heterocycles. The summed E-state index contributed by atoms with van der Waals surface area (Å²) in [4.78, 5) is 13.5. The molecule has 76 valence electrons. The summed E-state index contributed by atoms with van der Waals surface area (Å²) in [6.45, 7) is 2.85. The molecule has 0 amide bonds. The maximum Gasteiger partial charge on any atom is 0.337 e. The van der Waals surface area contributed by atoms with Gasteiger partial charge in [0.1, 0.15) is 0 Å². The number of ether oxygens (including phenoxy) is 1. The van der Waals surface area contributed by atoms with Crippen LogP contribution in [0.5, 0.6) is 0 Å². The van der Waals surface area contributed by atoms with E-state index in [1.165, 1.54) is 0 Å². The summed E-state index contributed by atoms with van der Waals surface area (Å²) in [6.07, 6.45) is 3.73. The average molecular weight is 212 g/mol. The lowest BCUT2D eigenvalue weighted by Crippen LogP contribution is -2.42. The second kappa shape index (κ2) is 3.96. The highest BCUT2D eigenvalue weighted by atomic mass is 32.2. The molecular formula is C9H12N2O2S. The van der Waals surface area contributed by atoms with Crippen molar-refractivity contribution in [3.8, 4) is 0 Å². The van der Waals surface area contributed by atoms with E-state index < -0.39 is 0 Å². The topological polar surface area (TPSA) is 41.6 Å². The fourth-order valence-corrected chi connectivity index (χ4v) is 2.20. The molecule has 0 bridgehead atoms. The van der Waals surface area contributed by atoms with Crippen LogP contribution in [0.2, 0.25) is 0 Å². The number of carbonyl (C=O) groups excluding carboxylic acids is 1. The molecule has 14 heavy (non-hydrogen) atoms. The van der Waals surface area contributed by atoms with Crippen LogP contribution in [0.15, 0.2) is 23.4 Å². The van der Waals surface area contributed by atoms with Crippen molar-refractivity contribution in [2.45, 2.75) is 12.4 Å². The lowest BCUT2D eigenvalue weighted by molar-refractivity contribution is -0.138. The molecule has 0 aliphatic carbocycles. The Bertz CT molecular complexity index is 301. The van der Waals surface area contributed by atoms with E-state index in [2.05, 4.69) is 10.2 Å². The first-order valence-corrected chi connectivity index (χ1v) is 5.45. The number of nitrogens with zero attached hydrogens (tertiary/aromatic N) is 1. The minimum atomic E-state index is -0.233. The third-order valence-electron chi connectivity index (χ3n) is 2.05. The van der Waals surface area contributed by atoms with Crippen molar-refractivity contribution in [3.63, 3.8) is 0 Å². The standard InChI is InChI=1S/C9H12N2O2S/c1-2-13-8(12)7-5-10-9-11(6-7)3-4-14-9/h3-5,9-10H,2,6H2,1H3. The van der Waals surface area contributed by atoms with E-state index in [-0.39, 0.29) is 11.5 Å². The van der Waals surface area contributed by atoms with Gasteiger partial charge >= 0.3 is 5.97 Å². The Hall–Kier alpha value is -1.10. The molecule has 4 nitrogen and oxygen atoms in total. The van der Waals surface area contributed by atoms with Crippen LogP contribution >= 0.6 is 11.8 Å². The van der Waals surface area contributed by atoms with Gasteiger partial charge in [-0.2, -0.15) is 0 Å². The van der Waals surface area contributed by atoms with Crippen LogP contribution in [0.1, 0.15) is 6.92 Å². The van der Waals surface area contributed by atoms with Gasteiger partial charge in [-0.15, -0.1) is 0 Å². The van der Waals surface area contributed by atoms with Crippen LogP contribution in [-0.2, 0) is 9.53 Å². The Kier molecular flexibility index (Phi) is 2.67. The molecule has 0 saturated heterocycles. The predicted octanol–water partition coefficient (Wildman–Crippen LogP) is 0.840. The highest BCUT2D eigenvalue weighted by Gasteiger charge is 2.26. The van der Waals surface area contributed by atoms with E-state index in [1.54, 1.807) is 18.0 Å². The van der Waals surface area contributed by atoms with Crippen molar-refractivity contribution < 1.29 is 9.53 Å². The van der Waals surface area contributed by atoms with Gasteiger partial charge in [-0.1, -0.05) is 11.8 Å². The maximum absolute atomic E-state index is 11.4. The van der Waals surface area contributed by atoms with Crippen molar-refractivity contribution in [2.24, 2.45) is 0 Å². The molecule has 1 N–H and O–H groups in total. The van der Waals surface area contributed by atoms with Crippen molar-refractivity contribution in [1.29, 1.82) is 0 Å². The Morgan fingerprint density at radius 2 is 2.71 bits per heavy atom. The maximum atomic E-state index is 11.4. The molecule has 2 aliphatic heterocycles. The largest absolute Gasteiger partial charge is 0.463 e. The molecule has 0 aromatic heterocycles. The van der Waals surface area contributed by atoms with Gasteiger partial charge in [-0.25, -0.2) is 4.79 Å².